The SMILES string of the molecule is Cc1nccc(-c2noc(Cc3noc(C)c3C#N)n2)n1. The van der Waals surface area contributed by atoms with Gasteiger partial charge in [0.05, 0.1) is 6.42 Å². The van der Waals surface area contributed by atoms with Crippen molar-refractivity contribution in [2.45, 2.75) is 20.3 Å². The molecule has 0 atom stereocenters. The minimum Gasteiger partial charge on any atom is -0.360 e. The Hall–Kier alpha value is -3.08. The fourth-order valence-electron chi connectivity index (χ4n) is 1.84. The lowest BCUT2D eigenvalue weighted by molar-refractivity contribution is 0.371. The number of rotatable bonds is 3. The van der Waals surface area contributed by atoms with Gasteiger partial charge in [0.15, 0.2) is 5.76 Å². The Morgan fingerprint density at radius 3 is 2.81 bits per heavy atom. The predicted molar refractivity (Wildman–Crippen MR) is 68.8 cm³/mol. The number of hydrogen-bond acceptors (Lipinski definition) is 8. The van der Waals surface area contributed by atoms with Gasteiger partial charge in [-0.15, -0.1) is 0 Å². The fourth-order valence-corrected chi connectivity index (χ4v) is 1.84. The van der Waals surface area contributed by atoms with Gasteiger partial charge in [0.1, 0.15) is 28.8 Å². The van der Waals surface area contributed by atoms with Crippen molar-refractivity contribution in [2.24, 2.45) is 0 Å². The Morgan fingerprint density at radius 2 is 2.05 bits per heavy atom. The van der Waals surface area contributed by atoms with E-state index in [-0.39, 0.29) is 6.42 Å². The molecule has 8 heteroatoms. The second-order valence-corrected chi connectivity index (χ2v) is 4.35. The molecule has 0 saturated heterocycles. The molecule has 8 nitrogen and oxygen atoms in total. The molecule has 0 radical (unpaired) electrons. The highest BCUT2D eigenvalue weighted by atomic mass is 16.5. The van der Waals surface area contributed by atoms with Crippen LogP contribution in [0.2, 0.25) is 0 Å². The lowest BCUT2D eigenvalue weighted by Crippen LogP contribution is -1.93. The molecule has 3 heterocycles. The Morgan fingerprint density at radius 1 is 1.19 bits per heavy atom. The molecule has 0 N–H and O–H groups in total. The Labute approximate surface area is 119 Å². The minimum absolute atomic E-state index is 0.233. The van der Waals surface area contributed by atoms with Crippen LogP contribution in [0.4, 0.5) is 0 Å². The summed E-state index contributed by atoms with van der Waals surface area (Å²) >= 11 is 0. The average Bonchev–Trinajstić information content (AvgIpc) is 3.07. The molecule has 0 unspecified atom stereocenters. The molecule has 3 aromatic heterocycles. The van der Waals surface area contributed by atoms with E-state index >= 15 is 0 Å². The summed E-state index contributed by atoms with van der Waals surface area (Å²) in [5.41, 5.74) is 1.45. The van der Waals surface area contributed by atoms with Crippen molar-refractivity contribution in [3.05, 3.63) is 41.0 Å². The van der Waals surface area contributed by atoms with Gasteiger partial charge >= 0.3 is 0 Å². The van der Waals surface area contributed by atoms with Crippen LogP contribution in [0, 0.1) is 25.2 Å². The van der Waals surface area contributed by atoms with Crippen LogP contribution < -0.4 is 0 Å². The zero-order valence-electron chi connectivity index (χ0n) is 11.4. The first-order chi connectivity index (χ1) is 10.2. The molecule has 0 bridgehead atoms. The van der Waals surface area contributed by atoms with Gasteiger partial charge in [-0.25, -0.2) is 9.97 Å². The molecule has 3 rings (SSSR count). The Kier molecular flexibility index (Phi) is 3.16. The smallest absolute Gasteiger partial charge is 0.233 e. The summed E-state index contributed by atoms with van der Waals surface area (Å²) in [6.45, 7) is 3.46. The van der Waals surface area contributed by atoms with Crippen LogP contribution in [-0.2, 0) is 6.42 Å². The lowest BCUT2D eigenvalue weighted by atomic mass is 10.2. The normalized spacial score (nSPS) is 10.5. The lowest BCUT2D eigenvalue weighted by Gasteiger charge is -1.93. The van der Waals surface area contributed by atoms with E-state index in [9.17, 15) is 0 Å². The fraction of sp³-hybridized carbons (Fsp3) is 0.231. The molecular formula is C13H10N6O2. The van der Waals surface area contributed by atoms with E-state index in [4.69, 9.17) is 14.3 Å². The third kappa shape index (κ3) is 2.49. The topological polar surface area (TPSA) is 115 Å². The van der Waals surface area contributed by atoms with Crippen LogP contribution >= 0.6 is 0 Å². The van der Waals surface area contributed by atoms with Gasteiger partial charge in [0, 0.05) is 6.20 Å². The second kappa shape index (κ2) is 5.13. The number of aromatic nitrogens is 5. The van der Waals surface area contributed by atoms with E-state index in [1.165, 1.54) is 0 Å². The van der Waals surface area contributed by atoms with E-state index in [0.29, 0.717) is 40.3 Å². The van der Waals surface area contributed by atoms with Crippen molar-refractivity contribution in [3.8, 4) is 17.6 Å². The van der Waals surface area contributed by atoms with Crippen molar-refractivity contribution >= 4 is 0 Å². The van der Waals surface area contributed by atoms with E-state index < -0.39 is 0 Å². The molecule has 0 saturated carbocycles. The second-order valence-electron chi connectivity index (χ2n) is 4.35. The maximum atomic E-state index is 9.05. The first kappa shape index (κ1) is 12.9. The summed E-state index contributed by atoms with van der Waals surface area (Å²) in [6, 6.07) is 3.74. The summed E-state index contributed by atoms with van der Waals surface area (Å²) in [4.78, 5) is 12.5. The zero-order valence-corrected chi connectivity index (χ0v) is 11.4. The molecule has 21 heavy (non-hydrogen) atoms. The number of aryl methyl sites for hydroxylation is 2. The summed E-state index contributed by atoms with van der Waals surface area (Å²) < 4.78 is 10.1. The summed E-state index contributed by atoms with van der Waals surface area (Å²) in [5.74, 6) is 1.80. The maximum Gasteiger partial charge on any atom is 0.233 e. The molecule has 0 fully saturated rings. The predicted octanol–water partition coefficient (Wildman–Crippen LogP) is 1.59. The minimum atomic E-state index is 0.233. The first-order valence-corrected chi connectivity index (χ1v) is 6.15. The van der Waals surface area contributed by atoms with E-state index in [0.717, 1.165) is 0 Å². The first-order valence-electron chi connectivity index (χ1n) is 6.15. The molecule has 0 aliphatic rings. The van der Waals surface area contributed by atoms with Gasteiger partial charge in [-0.2, -0.15) is 10.2 Å². The highest BCUT2D eigenvalue weighted by molar-refractivity contribution is 5.47. The Balaban J connectivity index is 1.87. The van der Waals surface area contributed by atoms with Crippen LogP contribution in [-0.4, -0.2) is 25.3 Å². The number of nitriles is 1. The third-order valence-electron chi connectivity index (χ3n) is 2.84. The van der Waals surface area contributed by atoms with Crippen molar-refractivity contribution in [3.63, 3.8) is 0 Å². The van der Waals surface area contributed by atoms with Crippen LogP contribution in [0.5, 0.6) is 0 Å². The number of nitrogens with zero attached hydrogens (tertiary/aromatic N) is 6. The van der Waals surface area contributed by atoms with Crippen molar-refractivity contribution < 1.29 is 9.05 Å². The zero-order chi connectivity index (χ0) is 14.8. The molecule has 3 aromatic rings. The van der Waals surface area contributed by atoms with Gasteiger partial charge in [0.2, 0.25) is 11.7 Å². The van der Waals surface area contributed by atoms with Crippen molar-refractivity contribution in [1.82, 2.24) is 25.3 Å². The van der Waals surface area contributed by atoms with E-state index in [2.05, 4.69) is 25.3 Å². The molecule has 0 aromatic carbocycles. The summed E-state index contributed by atoms with van der Waals surface area (Å²) in [5, 5.41) is 16.7. The molecular weight excluding hydrogens is 272 g/mol. The molecule has 104 valence electrons. The quantitative estimate of drug-likeness (QED) is 0.711. The van der Waals surface area contributed by atoms with Crippen LogP contribution in [0.25, 0.3) is 11.5 Å². The van der Waals surface area contributed by atoms with Crippen molar-refractivity contribution in [1.29, 1.82) is 5.26 Å². The van der Waals surface area contributed by atoms with Crippen LogP contribution in [0.1, 0.15) is 28.7 Å². The van der Waals surface area contributed by atoms with Gasteiger partial charge in [-0.1, -0.05) is 10.3 Å². The molecule has 0 spiro atoms. The summed E-state index contributed by atoms with van der Waals surface area (Å²) in [6.07, 6.45) is 1.86. The molecule has 0 amide bonds. The maximum absolute atomic E-state index is 9.05. The molecule has 0 aliphatic heterocycles. The van der Waals surface area contributed by atoms with E-state index in [1.54, 1.807) is 26.1 Å². The summed E-state index contributed by atoms with van der Waals surface area (Å²) in [7, 11) is 0. The van der Waals surface area contributed by atoms with Crippen molar-refractivity contribution in [2.75, 3.05) is 0 Å². The van der Waals surface area contributed by atoms with Gasteiger partial charge in [-0.05, 0) is 19.9 Å². The van der Waals surface area contributed by atoms with Gasteiger partial charge in [-0.3, -0.25) is 0 Å². The van der Waals surface area contributed by atoms with Crippen LogP contribution in [0.3, 0.4) is 0 Å². The largest absolute Gasteiger partial charge is 0.360 e. The Bertz CT molecular complexity index is 829. The van der Waals surface area contributed by atoms with Crippen LogP contribution in [0.15, 0.2) is 21.3 Å². The average molecular weight is 282 g/mol. The van der Waals surface area contributed by atoms with E-state index in [1.807, 2.05) is 6.07 Å². The highest BCUT2D eigenvalue weighted by Gasteiger charge is 2.17. The number of hydrogen-bond donors (Lipinski definition) is 0. The third-order valence-corrected chi connectivity index (χ3v) is 2.84. The van der Waals surface area contributed by atoms with Gasteiger partial charge in [0.25, 0.3) is 0 Å². The highest BCUT2D eigenvalue weighted by Crippen LogP contribution is 2.17. The standard InChI is InChI=1S/C13H10N6O2/c1-7-9(6-14)11(18-20-7)5-12-17-13(19-21-12)10-3-4-15-8(2)16-10/h3-4H,5H2,1-2H3. The molecule has 0 aliphatic carbocycles. The monoisotopic (exact) mass is 282 g/mol. The van der Waals surface area contributed by atoms with Gasteiger partial charge < -0.3 is 9.05 Å².